The molecule has 0 amide bonds. The summed E-state index contributed by atoms with van der Waals surface area (Å²) >= 11 is 3.49. The highest BCUT2D eigenvalue weighted by atomic mass is 32.1. The molecule has 0 aromatic heterocycles. The van der Waals surface area contributed by atoms with Gasteiger partial charge < -0.3 is 9.47 Å². The summed E-state index contributed by atoms with van der Waals surface area (Å²) in [7, 11) is 0. The van der Waals surface area contributed by atoms with Crippen LogP contribution in [0, 0.1) is 0 Å². The summed E-state index contributed by atoms with van der Waals surface area (Å²) in [6.45, 7) is 0. The molecule has 1 rings (SSSR count). The number of halogens is 6. The number of benzene rings is 1. The Balaban J connectivity index is 3.00. The quantitative estimate of drug-likeness (QED) is 0.655. The average molecular weight is 278 g/mol. The molecule has 0 saturated carbocycles. The van der Waals surface area contributed by atoms with Crippen LogP contribution >= 0.6 is 12.6 Å². The Kier molecular flexibility index (Phi) is 3.70. The Morgan fingerprint density at radius 1 is 0.824 bits per heavy atom. The van der Waals surface area contributed by atoms with Gasteiger partial charge in [0, 0.05) is 0 Å². The fourth-order valence-corrected chi connectivity index (χ4v) is 1.16. The Labute approximate surface area is 96.5 Å². The maximum Gasteiger partial charge on any atom is 0.573 e. The van der Waals surface area contributed by atoms with Crippen molar-refractivity contribution in [3.8, 4) is 11.5 Å². The van der Waals surface area contributed by atoms with Gasteiger partial charge in [0.2, 0.25) is 0 Å². The van der Waals surface area contributed by atoms with Gasteiger partial charge in [0.05, 0.1) is 4.90 Å². The molecule has 0 fully saturated rings. The first kappa shape index (κ1) is 13.8. The van der Waals surface area contributed by atoms with E-state index in [1.54, 1.807) is 0 Å². The van der Waals surface area contributed by atoms with Crippen LogP contribution in [0.15, 0.2) is 23.1 Å². The van der Waals surface area contributed by atoms with Crippen molar-refractivity contribution in [1.29, 1.82) is 0 Å². The van der Waals surface area contributed by atoms with Crippen LogP contribution in [0.4, 0.5) is 26.3 Å². The molecular weight excluding hydrogens is 274 g/mol. The van der Waals surface area contributed by atoms with Gasteiger partial charge in [-0.15, -0.1) is 39.0 Å². The second-order valence-corrected chi connectivity index (χ2v) is 3.15. The van der Waals surface area contributed by atoms with E-state index in [1.165, 1.54) is 0 Å². The van der Waals surface area contributed by atoms with E-state index in [0.29, 0.717) is 0 Å². The maximum atomic E-state index is 11.9. The molecule has 2 nitrogen and oxygen atoms in total. The number of alkyl halides is 6. The van der Waals surface area contributed by atoms with Gasteiger partial charge in [-0.05, 0) is 12.1 Å². The number of rotatable bonds is 2. The number of thiol groups is 1. The molecule has 0 bridgehead atoms. The smallest absolute Gasteiger partial charge is 0.404 e. The monoisotopic (exact) mass is 278 g/mol. The summed E-state index contributed by atoms with van der Waals surface area (Å²) in [5.41, 5.74) is 0. The molecule has 0 heterocycles. The molecule has 0 aliphatic rings. The van der Waals surface area contributed by atoms with Gasteiger partial charge >= 0.3 is 12.7 Å². The Hall–Kier alpha value is -1.25. The molecule has 0 atom stereocenters. The highest BCUT2D eigenvalue weighted by Crippen LogP contribution is 2.37. The Morgan fingerprint density at radius 3 is 1.47 bits per heavy atom. The lowest BCUT2D eigenvalue weighted by Crippen LogP contribution is -2.19. The Bertz CT molecular complexity index is 366. The van der Waals surface area contributed by atoms with E-state index < -0.39 is 29.1 Å². The van der Waals surface area contributed by atoms with Crippen molar-refractivity contribution < 1.29 is 35.8 Å². The fraction of sp³-hybridized carbons (Fsp3) is 0.250. The first-order chi connectivity index (χ1) is 7.58. The molecule has 0 radical (unpaired) electrons. The summed E-state index contributed by atoms with van der Waals surface area (Å²) in [5, 5.41) is 0. The minimum Gasteiger partial charge on any atom is -0.404 e. The lowest BCUT2D eigenvalue weighted by molar-refractivity contribution is -0.278. The van der Waals surface area contributed by atoms with Crippen molar-refractivity contribution in [2.45, 2.75) is 17.6 Å². The number of ether oxygens (including phenoxy) is 2. The van der Waals surface area contributed by atoms with Crippen LogP contribution in [-0.4, -0.2) is 12.7 Å². The lowest BCUT2D eigenvalue weighted by Gasteiger charge is -2.14. The highest BCUT2D eigenvalue weighted by molar-refractivity contribution is 7.80. The topological polar surface area (TPSA) is 18.5 Å². The lowest BCUT2D eigenvalue weighted by atomic mass is 10.3. The third-order valence-electron chi connectivity index (χ3n) is 1.41. The van der Waals surface area contributed by atoms with Crippen LogP contribution in [0.2, 0.25) is 0 Å². The SMILES string of the molecule is FC(F)(F)Oc1cccc(OC(F)(F)F)c1S. The summed E-state index contributed by atoms with van der Waals surface area (Å²) in [4.78, 5) is -0.692. The third-order valence-corrected chi connectivity index (χ3v) is 1.85. The minimum atomic E-state index is -5.02. The van der Waals surface area contributed by atoms with Crippen LogP contribution in [0.3, 0.4) is 0 Å². The second-order valence-electron chi connectivity index (χ2n) is 2.70. The molecule has 1 aromatic carbocycles. The van der Waals surface area contributed by atoms with Crippen molar-refractivity contribution in [2.75, 3.05) is 0 Å². The average Bonchev–Trinajstić information content (AvgIpc) is 2.07. The molecule has 0 saturated heterocycles. The molecule has 9 heteroatoms. The summed E-state index contributed by atoms with van der Waals surface area (Å²) in [5.74, 6) is -1.75. The molecule has 17 heavy (non-hydrogen) atoms. The van der Waals surface area contributed by atoms with Crippen LogP contribution in [0.1, 0.15) is 0 Å². The predicted molar refractivity (Wildman–Crippen MR) is 47.1 cm³/mol. The van der Waals surface area contributed by atoms with Gasteiger partial charge in [-0.1, -0.05) is 6.07 Å². The summed E-state index contributed by atoms with van der Waals surface area (Å²) in [6.07, 6.45) is -10.0. The third kappa shape index (κ3) is 4.63. The van der Waals surface area contributed by atoms with Crippen molar-refractivity contribution in [1.82, 2.24) is 0 Å². The molecular formula is C8H4F6O2S. The van der Waals surface area contributed by atoms with Crippen LogP contribution in [-0.2, 0) is 0 Å². The molecule has 96 valence electrons. The van der Waals surface area contributed by atoms with E-state index >= 15 is 0 Å². The zero-order chi connectivity index (χ0) is 13.3. The normalized spacial score (nSPS) is 12.4. The largest absolute Gasteiger partial charge is 0.573 e. The van der Waals surface area contributed by atoms with Crippen molar-refractivity contribution >= 4 is 12.6 Å². The molecule has 0 unspecified atom stereocenters. The fourth-order valence-electron chi connectivity index (χ4n) is 0.916. The summed E-state index contributed by atoms with van der Waals surface area (Å²) < 4.78 is 78.2. The van der Waals surface area contributed by atoms with Crippen molar-refractivity contribution in [3.05, 3.63) is 18.2 Å². The zero-order valence-electron chi connectivity index (χ0n) is 7.76. The summed E-state index contributed by atoms with van der Waals surface area (Å²) in [6, 6.07) is 2.56. The predicted octanol–water partition coefficient (Wildman–Crippen LogP) is 3.77. The molecule has 0 spiro atoms. The van der Waals surface area contributed by atoms with E-state index in [1.807, 2.05) is 0 Å². The molecule has 0 N–H and O–H groups in total. The first-order valence-electron chi connectivity index (χ1n) is 3.92. The van der Waals surface area contributed by atoms with E-state index in [-0.39, 0.29) is 0 Å². The van der Waals surface area contributed by atoms with E-state index in [4.69, 9.17) is 0 Å². The molecule has 0 aliphatic carbocycles. The molecule has 0 aliphatic heterocycles. The maximum absolute atomic E-state index is 11.9. The second kappa shape index (κ2) is 4.55. The van der Waals surface area contributed by atoms with Crippen molar-refractivity contribution in [3.63, 3.8) is 0 Å². The van der Waals surface area contributed by atoms with E-state index in [2.05, 4.69) is 22.1 Å². The van der Waals surface area contributed by atoms with Crippen LogP contribution in [0.25, 0.3) is 0 Å². The molecule has 1 aromatic rings. The van der Waals surface area contributed by atoms with Crippen molar-refractivity contribution in [2.24, 2.45) is 0 Å². The van der Waals surface area contributed by atoms with Gasteiger partial charge in [-0.25, -0.2) is 0 Å². The standard InChI is InChI=1S/C8H4F6O2S/c9-7(10,11)15-4-2-1-3-5(6(4)17)16-8(12,13)14/h1-3,17H. The minimum absolute atomic E-state index is 0.692. The van der Waals surface area contributed by atoms with Gasteiger partial charge in [-0.3, -0.25) is 0 Å². The highest BCUT2D eigenvalue weighted by Gasteiger charge is 2.35. The number of hydrogen-bond donors (Lipinski definition) is 1. The van der Waals surface area contributed by atoms with Crippen LogP contribution in [0.5, 0.6) is 11.5 Å². The van der Waals surface area contributed by atoms with Crippen LogP contribution < -0.4 is 9.47 Å². The van der Waals surface area contributed by atoms with Gasteiger partial charge in [0.1, 0.15) is 11.5 Å². The van der Waals surface area contributed by atoms with E-state index in [9.17, 15) is 26.3 Å². The van der Waals surface area contributed by atoms with E-state index in [0.717, 1.165) is 18.2 Å². The first-order valence-corrected chi connectivity index (χ1v) is 4.37. The zero-order valence-corrected chi connectivity index (χ0v) is 8.66. The number of hydrogen-bond acceptors (Lipinski definition) is 3. The van der Waals surface area contributed by atoms with Gasteiger partial charge in [0.15, 0.2) is 0 Å². The van der Waals surface area contributed by atoms with Gasteiger partial charge in [0.25, 0.3) is 0 Å². The van der Waals surface area contributed by atoms with Gasteiger partial charge in [-0.2, -0.15) is 0 Å². The Morgan fingerprint density at radius 2 is 1.18 bits per heavy atom.